The van der Waals surface area contributed by atoms with Gasteiger partial charge >= 0.3 is 0 Å². The van der Waals surface area contributed by atoms with Gasteiger partial charge in [0.05, 0.1) is 12.6 Å². The second-order valence-electron chi connectivity index (χ2n) is 7.67. The number of fused-ring (bicyclic) bond motifs is 1. The first-order chi connectivity index (χ1) is 14.9. The van der Waals surface area contributed by atoms with Crippen LogP contribution in [0.3, 0.4) is 0 Å². The number of pyridine rings is 1. The SMILES string of the molecule is COc1ccc(C(=O)Nc2ccc3ccccc3n2)cc1S(=O)(=O)N1CCCC[C@@H]1C. The average molecular weight is 440 g/mol. The van der Waals surface area contributed by atoms with E-state index in [-0.39, 0.29) is 22.3 Å². The third kappa shape index (κ3) is 4.26. The lowest BCUT2D eigenvalue weighted by molar-refractivity contribution is 0.102. The van der Waals surface area contributed by atoms with Crippen LogP contribution < -0.4 is 10.1 Å². The van der Waals surface area contributed by atoms with Crippen LogP contribution in [0.2, 0.25) is 0 Å². The van der Waals surface area contributed by atoms with Gasteiger partial charge in [0, 0.05) is 23.5 Å². The topological polar surface area (TPSA) is 88.6 Å². The summed E-state index contributed by atoms with van der Waals surface area (Å²) in [6.07, 6.45) is 2.64. The number of carbonyl (C=O) groups is 1. The summed E-state index contributed by atoms with van der Waals surface area (Å²) >= 11 is 0. The van der Waals surface area contributed by atoms with Crippen molar-refractivity contribution in [2.24, 2.45) is 0 Å². The van der Waals surface area contributed by atoms with Gasteiger partial charge in [-0.15, -0.1) is 0 Å². The third-order valence-corrected chi connectivity index (χ3v) is 7.63. The van der Waals surface area contributed by atoms with E-state index in [2.05, 4.69) is 10.3 Å². The maximum absolute atomic E-state index is 13.4. The number of amides is 1. The lowest BCUT2D eigenvalue weighted by Gasteiger charge is -2.32. The quantitative estimate of drug-likeness (QED) is 0.648. The Kier molecular flexibility index (Phi) is 5.93. The van der Waals surface area contributed by atoms with Crippen LogP contribution in [0.5, 0.6) is 5.75 Å². The van der Waals surface area contributed by atoms with Gasteiger partial charge < -0.3 is 10.1 Å². The minimum absolute atomic E-state index is 0.00266. The molecular formula is C23H25N3O4S. The number of nitrogens with zero attached hydrogens (tertiary/aromatic N) is 2. The van der Waals surface area contributed by atoms with Crippen molar-refractivity contribution in [3.63, 3.8) is 0 Å². The number of anilines is 1. The average Bonchev–Trinajstić information content (AvgIpc) is 2.78. The van der Waals surface area contributed by atoms with Gasteiger partial charge in [0.25, 0.3) is 5.91 Å². The van der Waals surface area contributed by atoms with Crippen molar-refractivity contribution >= 4 is 32.7 Å². The van der Waals surface area contributed by atoms with E-state index in [1.807, 2.05) is 37.3 Å². The van der Waals surface area contributed by atoms with Crippen molar-refractivity contribution in [2.75, 3.05) is 19.0 Å². The molecule has 1 amide bonds. The summed E-state index contributed by atoms with van der Waals surface area (Å²) < 4.78 is 33.5. The summed E-state index contributed by atoms with van der Waals surface area (Å²) in [7, 11) is -2.38. The maximum Gasteiger partial charge on any atom is 0.256 e. The zero-order valence-corrected chi connectivity index (χ0v) is 18.4. The zero-order chi connectivity index (χ0) is 22.0. The van der Waals surface area contributed by atoms with Gasteiger partial charge in [0.1, 0.15) is 16.5 Å². The molecule has 2 aromatic carbocycles. The largest absolute Gasteiger partial charge is 0.495 e. The molecule has 7 nitrogen and oxygen atoms in total. The van der Waals surface area contributed by atoms with Gasteiger partial charge in [-0.05, 0) is 56.2 Å². The Balaban J connectivity index is 1.65. The third-order valence-electron chi connectivity index (χ3n) is 5.59. The lowest BCUT2D eigenvalue weighted by Crippen LogP contribution is -2.42. The molecule has 1 saturated heterocycles. The monoisotopic (exact) mass is 439 g/mol. The Morgan fingerprint density at radius 3 is 2.71 bits per heavy atom. The first kappa shape index (κ1) is 21.3. The summed E-state index contributed by atoms with van der Waals surface area (Å²) in [5.74, 6) is 0.181. The molecule has 1 aliphatic rings. The molecule has 0 unspecified atom stereocenters. The predicted octanol–water partition coefficient (Wildman–Crippen LogP) is 4.06. The van der Waals surface area contributed by atoms with E-state index in [0.717, 1.165) is 30.2 Å². The smallest absolute Gasteiger partial charge is 0.256 e. The number of para-hydroxylation sites is 1. The second kappa shape index (κ2) is 8.64. The maximum atomic E-state index is 13.4. The molecule has 3 aromatic rings. The highest BCUT2D eigenvalue weighted by molar-refractivity contribution is 7.89. The van der Waals surface area contributed by atoms with E-state index in [4.69, 9.17) is 4.74 Å². The molecule has 0 bridgehead atoms. The standard InChI is InChI=1S/C23H25N3O4S/c1-16-7-5-6-14-26(16)31(28,29)21-15-18(10-12-20(21)30-2)23(27)25-22-13-11-17-8-3-4-9-19(17)24-22/h3-4,8-13,15-16H,5-7,14H2,1-2H3,(H,24,25,27)/t16-/m0/s1. The van der Waals surface area contributed by atoms with E-state index in [9.17, 15) is 13.2 Å². The second-order valence-corrected chi connectivity index (χ2v) is 9.53. The van der Waals surface area contributed by atoms with Crippen LogP contribution in [0.1, 0.15) is 36.5 Å². The zero-order valence-electron chi connectivity index (χ0n) is 17.5. The number of methoxy groups -OCH3 is 1. The number of benzene rings is 2. The first-order valence-electron chi connectivity index (χ1n) is 10.3. The Bertz CT molecular complexity index is 1230. The number of piperidine rings is 1. The van der Waals surface area contributed by atoms with Crippen LogP contribution >= 0.6 is 0 Å². The molecule has 1 N–H and O–H groups in total. The Morgan fingerprint density at radius 1 is 1.13 bits per heavy atom. The van der Waals surface area contributed by atoms with E-state index in [1.165, 1.54) is 23.5 Å². The van der Waals surface area contributed by atoms with Crippen molar-refractivity contribution in [2.45, 2.75) is 37.1 Å². The minimum atomic E-state index is -3.80. The molecule has 8 heteroatoms. The molecule has 1 aliphatic heterocycles. The number of carbonyl (C=O) groups excluding carboxylic acids is 1. The molecule has 31 heavy (non-hydrogen) atoms. The van der Waals surface area contributed by atoms with Crippen molar-refractivity contribution in [1.29, 1.82) is 0 Å². The van der Waals surface area contributed by atoms with Crippen LogP contribution in [0.25, 0.3) is 10.9 Å². The number of ether oxygens (including phenoxy) is 1. The van der Waals surface area contributed by atoms with Gasteiger partial charge in [0.15, 0.2) is 0 Å². The Labute approximate surface area is 182 Å². The van der Waals surface area contributed by atoms with Gasteiger partial charge in [-0.2, -0.15) is 4.31 Å². The highest BCUT2D eigenvalue weighted by Gasteiger charge is 2.33. The van der Waals surface area contributed by atoms with Crippen LogP contribution in [0.4, 0.5) is 5.82 Å². The molecule has 1 fully saturated rings. The van der Waals surface area contributed by atoms with Gasteiger partial charge in [0.2, 0.25) is 10.0 Å². The molecule has 162 valence electrons. The van der Waals surface area contributed by atoms with Crippen molar-refractivity contribution in [3.05, 3.63) is 60.2 Å². The molecule has 4 rings (SSSR count). The molecule has 1 atom stereocenters. The normalized spacial score (nSPS) is 17.4. The summed E-state index contributed by atoms with van der Waals surface area (Å²) in [6.45, 7) is 2.37. The van der Waals surface area contributed by atoms with Crippen LogP contribution in [-0.4, -0.2) is 43.3 Å². The summed E-state index contributed by atoms with van der Waals surface area (Å²) in [5.41, 5.74) is 0.983. The lowest BCUT2D eigenvalue weighted by atomic mass is 10.1. The van der Waals surface area contributed by atoms with Gasteiger partial charge in [-0.25, -0.2) is 13.4 Å². The minimum Gasteiger partial charge on any atom is -0.495 e. The number of nitrogens with one attached hydrogen (secondary N) is 1. The summed E-state index contributed by atoms with van der Waals surface area (Å²) in [5, 5.41) is 3.72. The van der Waals surface area contributed by atoms with Gasteiger partial charge in [-0.3, -0.25) is 4.79 Å². The van der Waals surface area contributed by atoms with E-state index in [1.54, 1.807) is 12.1 Å². The van der Waals surface area contributed by atoms with E-state index < -0.39 is 15.9 Å². The van der Waals surface area contributed by atoms with Crippen molar-refractivity contribution < 1.29 is 17.9 Å². The van der Waals surface area contributed by atoms with Crippen molar-refractivity contribution in [1.82, 2.24) is 9.29 Å². The fourth-order valence-electron chi connectivity index (χ4n) is 3.90. The molecule has 0 radical (unpaired) electrons. The van der Waals surface area contributed by atoms with E-state index >= 15 is 0 Å². The number of hydrogen-bond donors (Lipinski definition) is 1. The number of aromatic nitrogens is 1. The van der Waals surface area contributed by atoms with Crippen LogP contribution in [0.15, 0.2) is 59.5 Å². The van der Waals surface area contributed by atoms with Gasteiger partial charge in [-0.1, -0.05) is 24.6 Å². The summed E-state index contributed by atoms with van der Waals surface area (Å²) in [6, 6.07) is 15.6. The highest BCUT2D eigenvalue weighted by atomic mass is 32.2. The number of sulfonamides is 1. The Morgan fingerprint density at radius 2 is 1.94 bits per heavy atom. The first-order valence-corrected chi connectivity index (χ1v) is 11.7. The molecule has 2 heterocycles. The molecule has 1 aromatic heterocycles. The fourth-order valence-corrected chi connectivity index (χ4v) is 5.78. The molecular weight excluding hydrogens is 414 g/mol. The van der Waals surface area contributed by atoms with Crippen LogP contribution in [0, 0.1) is 0 Å². The van der Waals surface area contributed by atoms with E-state index in [0.29, 0.717) is 12.4 Å². The predicted molar refractivity (Wildman–Crippen MR) is 120 cm³/mol. The highest BCUT2D eigenvalue weighted by Crippen LogP contribution is 2.32. The Hall–Kier alpha value is -2.97. The molecule has 0 saturated carbocycles. The fraction of sp³-hybridized carbons (Fsp3) is 0.304. The van der Waals surface area contributed by atoms with Crippen molar-refractivity contribution in [3.8, 4) is 5.75 Å². The number of rotatable bonds is 5. The number of hydrogen-bond acceptors (Lipinski definition) is 5. The van der Waals surface area contributed by atoms with Crippen LogP contribution in [-0.2, 0) is 10.0 Å². The molecule has 0 aliphatic carbocycles. The molecule has 0 spiro atoms. The summed E-state index contributed by atoms with van der Waals surface area (Å²) in [4.78, 5) is 17.3.